The molecular weight excluding hydrogens is 362 g/mol. The number of hydrogen-bond donors (Lipinski definition) is 2. The summed E-state index contributed by atoms with van der Waals surface area (Å²) < 4.78 is 28.0. The highest BCUT2D eigenvalue weighted by Gasteiger charge is 2.24. The maximum absolute atomic E-state index is 12.9. The lowest BCUT2D eigenvalue weighted by molar-refractivity contribution is 0.0713. The van der Waals surface area contributed by atoms with Crippen LogP contribution < -0.4 is 10.5 Å². The highest BCUT2D eigenvalue weighted by molar-refractivity contribution is 7.92. The van der Waals surface area contributed by atoms with Gasteiger partial charge in [-0.3, -0.25) is 9.52 Å². The number of carbonyl (C=O) groups is 1. The van der Waals surface area contributed by atoms with Crippen LogP contribution in [-0.2, 0) is 10.0 Å². The van der Waals surface area contributed by atoms with Crippen LogP contribution in [0.5, 0.6) is 0 Å². The predicted molar refractivity (Wildman–Crippen MR) is 106 cm³/mol. The van der Waals surface area contributed by atoms with E-state index in [2.05, 4.69) is 4.72 Å². The summed E-state index contributed by atoms with van der Waals surface area (Å²) in [6, 6.07) is 11.9. The third-order valence-electron chi connectivity index (χ3n) is 4.88. The zero-order chi connectivity index (χ0) is 19.6. The molecule has 0 spiro atoms. The molecule has 3 rings (SSSR count). The first kappa shape index (κ1) is 19.4. The molecule has 6 nitrogen and oxygen atoms in total. The summed E-state index contributed by atoms with van der Waals surface area (Å²) in [6.45, 7) is 4.94. The van der Waals surface area contributed by atoms with Gasteiger partial charge >= 0.3 is 0 Å². The van der Waals surface area contributed by atoms with E-state index in [0.29, 0.717) is 24.3 Å². The van der Waals surface area contributed by atoms with Crippen LogP contribution in [0, 0.1) is 13.8 Å². The van der Waals surface area contributed by atoms with Crippen molar-refractivity contribution in [2.75, 3.05) is 17.8 Å². The van der Waals surface area contributed by atoms with Gasteiger partial charge in [0.2, 0.25) is 0 Å². The van der Waals surface area contributed by atoms with E-state index in [-0.39, 0.29) is 16.8 Å². The Hall–Kier alpha value is -2.38. The van der Waals surface area contributed by atoms with Crippen LogP contribution in [0.15, 0.2) is 47.4 Å². The number of sulfonamides is 1. The molecule has 0 saturated carbocycles. The minimum atomic E-state index is -3.78. The van der Waals surface area contributed by atoms with Crippen molar-refractivity contribution in [2.45, 2.75) is 37.6 Å². The second kappa shape index (κ2) is 7.70. The monoisotopic (exact) mass is 387 g/mol. The van der Waals surface area contributed by atoms with Gasteiger partial charge in [0.05, 0.1) is 4.90 Å². The van der Waals surface area contributed by atoms with Crippen molar-refractivity contribution in [3.63, 3.8) is 0 Å². The minimum Gasteiger partial charge on any atom is -0.339 e. The summed E-state index contributed by atoms with van der Waals surface area (Å²) in [5.74, 6) is -0.146. The molecule has 144 valence electrons. The zero-order valence-electron chi connectivity index (χ0n) is 15.6. The van der Waals surface area contributed by atoms with Gasteiger partial charge in [0.15, 0.2) is 0 Å². The SMILES string of the molecule is Cc1ccc(NS(=O)(=O)c2ccc(C)c(C(=O)N3CCC(N)CC3)c2)cc1. The van der Waals surface area contributed by atoms with E-state index in [9.17, 15) is 13.2 Å². The number of nitrogens with one attached hydrogen (secondary N) is 1. The fraction of sp³-hybridized carbons (Fsp3) is 0.350. The Labute approximate surface area is 160 Å². The number of rotatable bonds is 4. The quantitative estimate of drug-likeness (QED) is 0.844. The molecule has 0 radical (unpaired) electrons. The fourth-order valence-electron chi connectivity index (χ4n) is 3.11. The number of amides is 1. The van der Waals surface area contributed by atoms with Crippen molar-refractivity contribution in [2.24, 2.45) is 5.73 Å². The third kappa shape index (κ3) is 4.48. The number of aryl methyl sites for hydroxylation is 2. The van der Waals surface area contributed by atoms with E-state index < -0.39 is 10.0 Å². The largest absolute Gasteiger partial charge is 0.339 e. The molecule has 27 heavy (non-hydrogen) atoms. The summed E-state index contributed by atoms with van der Waals surface area (Å²) >= 11 is 0. The van der Waals surface area contributed by atoms with Crippen molar-refractivity contribution < 1.29 is 13.2 Å². The first-order valence-corrected chi connectivity index (χ1v) is 10.5. The second-order valence-electron chi connectivity index (χ2n) is 7.08. The third-order valence-corrected chi connectivity index (χ3v) is 6.26. The van der Waals surface area contributed by atoms with Crippen LogP contribution in [0.3, 0.4) is 0 Å². The number of nitrogens with two attached hydrogens (primary N) is 1. The van der Waals surface area contributed by atoms with E-state index in [1.165, 1.54) is 12.1 Å². The fourth-order valence-corrected chi connectivity index (χ4v) is 4.19. The zero-order valence-corrected chi connectivity index (χ0v) is 16.4. The Kier molecular flexibility index (Phi) is 5.53. The Morgan fingerprint density at radius 3 is 2.33 bits per heavy atom. The first-order valence-electron chi connectivity index (χ1n) is 9.01. The van der Waals surface area contributed by atoms with E-state index in [4.69, 9.17) is 5.73 Å². The van der Waals surface area contributed by atoms with Gasteiger partial charge in [-0.1, -0.05) is 23.8 Å². The number of hydrogen-bond acceptors (Lipinski definition) is 4. The molecule has 0 aromatic heterocycles. The molecule has 2 aromatic rings. The Bertz CT molecular complexity index is 931. The average Bonchev–Trinajstić information content (AvgIpc) is 2.64. The van der Waals surface area contributed by atoms with Crippen LogP contribution in [0.1, 0.15) is 34.3 Å². The Morgan fingerprint density at radius 2 is 1.70 bits per heavy atom. The van der Waals surface area contributed by atoms with Gasteiger partial charge < -0.3 is 10.6 Å². The van der Waals surface area contributed by atoms with E-state index in [1.807, 2.05) is 26.0 Å². The van der Waals surface area contributed by atoms with Gasteiger partial charge in [0.25, 0.3) is 15.9 Å². The number of carbonyl (C=O) groups excluding carboxylic acids is 1. The standard InChI is InChI=1S/C20H25N3O3S/c1-14-3-6-17(7-4-14)22-27(25,26)18-8-5-15(2)19(13-18)20(24)23-11-9-16(21)10-12-23/h3-8,13,16,22H,9-12,21H2,1-2H3. The van der Waals surface area contributed by atoms with Gasteiger partial charge in [0.1, 0.15) is 0 Å². The Morgan fingerprint density at radius 1 is 1.07 bits per heavy atom. The van der Waals surface area contributed by atoms with Crippen molar-refractivity contribution in [3.05, 3.63) is 59.2 Å². The lowest BCUT2D eigenvalue weighted by atomic mass is 10.0. The molecular formula is C20H25N3O3S. The maximum atomic E-state index is 12.9. The molecule has 1 aliphatic rings. The smallest absolute Gasteiger partial charge is 0.261 e. The van der Waals surface area contributed by atoms with Crippen molar-refractivity contribution in [1.82, 2.24) is 4.90 Å². The second-order valence-corrected chi connectivity index (χ2v) is 8.76. The minimum absolute atomic E-state index is 0.0748. The molecule has 0 aliphatic carbocycles. The molecule has 0 atom stereocenters. The van der Waals surface area contributed by atoms with Gasteiger partial charge in [-0.15, -0.1) is 0 Å². The molecule has 0 bridgehead atoms. The maximum Gasteiger partial charge on any atom is 0.261 e. The van der Waals surface area contributed by atoms with Crippen LogP contribution >= 0.6 is 0 Å². The topological polar surface area (TPSA) is 92.5 Å². The molecule has 3 N–H and O–H groups in total. The molecule has 1 heterocycles. The van der Waals surface area contributed by atoms with Crippen LogP contribution in [-0.4, -0.2) is 38.4 Å². The van der Waals surface area contributed by atoms with E-state index in [1.54, 1.807) is 23.1 Å². The lowest BCUT2D eigenvalue weighted by Gasteiger charge is -2.30. The summed E-state index contributed by atoms with van der Waals surface area (Å²) in [5.41, 5.74) is 8.60. The molecule has 2 aromatic carbocycles. The molecule has 1 aliphatic heterocycles. The predicted octanol–water partition coefficient (Wildman–Crippen LogP) is 2.67. The van der Waals surface area contributed by atoms with Crippen molar-refractivity contribution in [3.8, 4) is 0 Å². The van der Waals surface area contributed by atoms with E-state index in [0.717, 1.165) is 24.0 Å². The average molecular weight is 388 g/mol. The summed E-state index contributed by atoms with van der Waals surface area (Å²) in [7, 11) is -3.78. The number of nitrogens with zero attached hydrogens (tertiary/aromatic N) is 1. The Balaban J connectivity index is 1.85. The first-order chi connectivity index (χ1) is 12.8. The van der Waals surface area contributed by atoms with Gasteiger partial charge in [-0.05, 0) is 56.5 Å². The normalized spacial score (nSPS) is 15.6. The van der Waals surface area contributed by atoms with Gasteiger partial charge in [-0.25, -0.2) is 8.42 Å². The molecule has 0 unspecified atom stereocenters. The molecule has 1 amide bonds. The van der Waals surface area contributed by atoms with Gasteiger partial charge in [-0.2, -0.15) is 0 Å². The molecule has 7 heteroatoms. The summed E-state index contributed by atoms with van der Waals surface area (Å²) in [4.78, 5) is 14.7. The van der Waals surface area contributed by atoms with Crippen LogP contribution in [0.4, 0.5) is 5.69 Å². The number of benzene rings is 2. The number of likely N-dealkylation sites (tertiary alicyclic amines) is 1. The van der Waals surface area contributed by atoms with Crippen LogP contribution in [0.2, 0.25) is 0 Å². The lowest BCUT2D eigenvalue weighted by Crippen LogP contribution is -2.43. The summed E-state index contributed by atoms with van der Waals surface area (Å²) in [6.07, 6.45) is 1.52. The van der Waals surface area contributed by atoms with E-state index >= 15 is 0 Å². The molecule has 1 fully saturated rings. The number of piperidine rings is 1. The highest BCUT2D eigenvalue weighted by Crippen LogP contribution is 2.22. The number of anilines is 1. The molecule has 1 saturated heterocycles. The van der Waals surface area contributed by atoms with Gasteiger partial charge in [0, 0.05) is 30.4 Å². The van der Waals surface area contributed by atoms with Crippen molar-refractivity contribution >= 4 is 21.6 Å². The summed E-state index contributed by atoms with van der Waals surface area (Å²) in [5, 5.41) is 0. The van der Waals surface area contributed by atoms with Crippen molar-refractivity contribution in [1.29, 1.82) is 0 Å². The van der Waals surface area contributed by atoms with Crippen LogP contribution in [0.25, 0.3) is 0 Å². The highest BCUT2D eigenvalue weighted by atomic mass is 32.2.